The van der Waals surface area contributed by atoms with E-state index >= 15 is 0 Å². The first-order valence-corrected chi connectivity index (χ1v) is 10.5. The number of nitrogens with one attached hydrogen (secondary N) is 2. The van der Waals surface area contributed by atoms with Crippen LogP contribution in [0.25, 0.3) is 11.1 Å². The summed E-state index contributed by atoms with van der Waals surface area (Å²) >= 11 is 0. The van der Waals surface area contributed by atoms with Gasteiger partial charge in [0.05, 0.1) is 24.6 Å². The van der Waals surface area contributed by atoms with Crippen LogP contribution in [0.15, 0.2) is 60.1 Å². The minimum absolute atomic E-state index is 0.113. The summed E-state index contributed by atoms with van der Waals surface area (Å²) in [5.74, 6) is -2.97. The average molecular weight is 449 g/mol. The standard InChI is InChI=1S/C23H21F2N7O/c24-23(25)4-6-32(13-23)12-15-7-17(10-26-9-15)16-1-2-20-19(8-16)21(28-14-27-20)22(33)31-18-3-5-29-30-11-18/h1-3,5,7-11,27H,4,6,12-14H2,(H,29,31,33). The number of anilines is 2. The van der Waals surface area contributed by atoms with Crippen molar-refractivity contribution in [2.75, 3.05) is 30.4 Å². The number of fused-ring (bicyclic) bond motifs is 1. The predicted molar refractivity (Wildman–Crippen MR) is 120 cm³/mol. The van der Waals surface area contributed by atoms with Gasteiger partial charge in [-0.1, -0.05) is 6.07 Å². The van der Waals surface area contributed by atoms with E-state index in [1.165, 1.54) is 12.4 Å². The Balaban J connectivity index is 1.39. The lowest BCUT2D eigenvalue weighted by Gasteiger charge is -2.19. The van der Waals surface area contributed by atoms with Gasteiger partial charge >= 0.3 is 0 Å². The first-order valence-electron chi connectivity index (χ1n) is 10.5. The summed E-state index contributed by atoms with van der Waals surface area (Å²) in [6.45, 7) is 0.840. The van der Waals surface area contributed by atoms with Crippen molar-refractivity contribution in [1.29, 1.82) is 0 Å². The second-order valence-electron chi connectivity index (χ2n) is 8.09. The average Bonchev–Trinajstić information content (AvgIpc) is 3.17. The summed E-state index contributed by atoms with van der Waals surface area (Å²) in [5.41, 5.74) is 4.86. The Kier molecular flexibility index (Phi) is 5.51. The zero-order chi connectivity index (χ0) is 22.8. The van der Waals surface area contributed by atoms with Crippen molar-refractivity contribution in [3.8, 4) is 11.1 Å². The summed E-state index contributed by atoms with van der Waals surface area (Å²) in [5, 5.41) is 13.4. The summed E-state index contributed by atoms with van der Waals surface area (Å²) in [6.07, 6.45) is 6.26. The highest BCUT2D eigenvalue weighted by molar-refractivity contribution is 6.50. The van der Waals surface area contributed by atoms with Gasteiger partial charge in [-0.05, 0) is 35.4 Å². The van der Waals surface area contributed by atoms with Gasteiger partial charge in [0.25, 0.3) is 11.8 Å². The van der Waals surface area contributed by atoms with Gasteiger partial charge in [0.1, 0.15) is 12.4 Å². The largest absolute Gasteiger partial charge is 0.366 e. The van der Waals surface area contributed by atoms with Crippen LogP contribution >= 0.6 is 0 Å². The Hall–Kier alpha value is -3.79. The van der Waals surface area contributed by atoms with Crippen LogP contribution in [0.3, 0.4) is 0 Å². The van der Waals surface area contributed by atoms with Crippen molar-refractivity contribution < 1.29 is 13.6 Å². The number of pyridine rings is 1. The molecule has 2 aromatic heterocycles. The fourth-order valence-electron chi connectivity index (χ4n) is 4.04. The van der Waals surface area contributed by atoms with Gasteiger partial charge in [0, 0.05) is 48.7 Å². The van der Waals surface area contributed by atoms with Gasteiger partial charge in [-0.15, -0.1) is 0 Å². The highest BCUT2D eigenvalue weighted by atomic mass is 19.3. The number of rotatable bonds is 5. The minimum Gasteiger partial charge on any atom is -0.366 e. The lowest BCUT2D eigenvalue weighted by Crippen LogP contribution is -2.28. The zero-order valence-corrected chi connectivity index (χ0v) is 17.6. The molecule has 0 spiro atoms. The molecular formula is C23H21F2N7O. The van der Waals surface area contributed by atoms with E-state index < -0.39 is 5.92 Å². The molecule has 168 valence electrons. The molecule has 0 radical (unpaired) electrons. The number of alkyl halides is 2. The van der Waals surface area contributed by atoms with Crippen LogP contribution in [0, 0.1) is 0 Å². The first-order chi connectivity index (χ1) is 16.0. The summed E-state index contributed by atoms with van der Waals surface area (Å²) < 4.78 is 27.1. The number of likely N-dealkylation sites (tertiary alicyclic amines) is 1. The molecule has 1 amide bonds. The molecule has 8 nitrogen and oxygen atoms in total. The van der Waals surface area contributed by atoms with Crippen LogP contribution in [0.1, 0.15) is 17.5 Å². The van der Waals surface area contributed by atoms with Crippen LogP contribution < -0.4 is 10.6 Å². The second-order valence-corrected chi connectivity index (χ2v) is 8.09. The van der Waals surface area contributed by atoms with Gasteiger partial charge in [-0.25, -0.2) is 8.78 Å². The summed E-state index contributed by atoms with van der Waals surface area (Å²) in [7, 11) is 0. The number of carbonyl (C=O) groups is 1. The van der Waals surface area contributed by atoms with E-state index in [0.717, 1.165) is 22.4 Å². The number of hydrogen-bond acceptors (Lipinski definition) is 7. The molecule has 0 unspecified atom stereocenters. The van der Waals surface area contributed by atoms with Crippen LogP contribution in [0.4, 0.5) is 20.2 Å². The predicted octanol–water partition coefficient (Wildman–Crippen LogP) is 3.19. The molecule has 4 heterocycles. The monoisotopic (exact) mass is 449 g/mol. The Morgan fingerprint density at radius 1 is 1.12 bits per heavy atom. The van der Waals surface area contributed by atoms with Crippen molar-refractivity contribution in [1.82, 2.24) is 20.1 Å². The topological polar surface area (TPSA) is 95.4 Å². The number of halogens is 2. The molecule has 1 saturated heterocycles. The molecule has 2 N–H and O–H groups in total. The smallest absolute Gasteiger partial charge is 0.274 e. The van der Waals surface area contributed by atoms with Gasteiger partial charge in [-0.3, -0.25) is 19.7 Å². The third kappa shape index (κ3) is 4.70. The molecule has 5 rings (SSSR count). The molecule has 0 bridgehead atoms. The van der Waals surface area contributed by atoms with Crippen molar-refractivity contribution in [3.05, 3.63) is 66.2 Å². The molecule has 1 fully saturated rings. The quantitative estimate of drug-likeness (QED) is 0.621. The third-order valence-corrected chi connectivity index (χ3v) is 5.62. The van der Waals surface area contributed by atoms with Gasteiger partial charge in [0.15, 0.2) is 0 Å². The molecule has 2 aliphatic rings. The SMILES string of the molecule is O=C(Nc1ccnnc1)C1=NCNc2ccc(-c3cncc(CN4CCC(F)(F)C4)c3)cc21. The molecule has 33 heavy (non-hydrogen) atoms. The van der Waals surface area contributed by atoms with E-state index in [4.69, 9.17) is 0 Å². The maximum Gasteiger partial charge on any atom is 0.274 e. The maximum atomic E-state index is 13.5. The minimum atomic E-state index is -2.63. The van der Waals surface area contributed by atoms with Crippen LogP contribution in [-0.2, 0) is 11.3 Å². The molecule has 1 aromatic carbocycles. The Bertz CT molecular complexity index is 1220. The molecule has 2 aliphatic heterocycles. The van der Waals surface area contributed by atoms with E-state index in [-0.39, 0.29) is 18.9 Å². The van der Waals surface area contributed by atoms with E-state index in [2.05, 4.69) is 30.8 Å². The number of hydrogen-bond donors (Lipinski definition) is 2. The van der Waals surface area contributed by atoms with Crippen molar-refractivity contribution in [3.63, 3.8) is 0 Å². The second kappa shape index (κ2) is 8.62. The maximum absolute atomic E-state index is 13.5. The Morgan fingerprint density at radius 3 is 2.82 bits per heavy atom. The van der Waals surface area contributed by atoms with E-state index in [0.29, 0.717) is 36.7 Å². The highest BCUT2D eigenvalue weighted by Crippen LogP contribution is 2.30. The van der Waals surface area contributed by atoms with Gasteiger partial charge < -0.3 is 10.6 Å². The molecular weight excluding hydrogens is 428 g/mol. The van der Waals surface area contributed by atoms with Gasteiger partial charge in [-0.2, -0.15) is 10.2 Å². The van der Waals surface area contributed by atoms with Crippen molar-refractivity contribution >= 4 is 23.0 Å². The van der Waals surface area contributed by atoms with Crippen molar-refractivity contribution in [2.24, 2.45) is 4.99 Å². The molecule has 10 heteroatoms. The lowest BCUT2D eigenvalue weighted by molar-refractivity contribution is -0.110. The fraction of sp³-hybridized carbons (Fsp3) is 0.261. The number of carbonyl (C=O) groups excluding carboxylic acids is 1. The molecule has 3 aromatic rings. The van der Waals surface area contributed by atoms with Crippen LogP contribution in [-0.4, -0.2) is 57.4 Å². The number of amides is 1. The molecule has 0 atom stereocenters. The molecule has 0 saturated carbocycles. The first kappa shape index (κ1) is 21.1. The third-order valence-electron chi connectivity index (χ3n) is 5.62. The van der Waals surface area contributed by atoms with E-state index in [9.17, 15) is 13.6 Å². The van der Waals surface area contributed by atoms with E-state index in [1.807, 2.05) is 24.3 Å². The Labute approximate surface area is 188 Å². The lowest BCUT2D eigenvalue weighted by atomic mass is 9.98. The fourth-order valence-corrected chi connectivity index (χ4v) is 4.04. The number of aromatic nitrogens is 3. The van der Waals surface area contributed by atoms with Crippen molar-refractivity contribution in [2.45, 2.75) is 18.9 Å². The summed E-state index contributed by atoms with van der Waals surface area (Å²) in [6, 6.07) is 9.31. The van der Waals surface area contributed by atoms with Gasteiger partial charge in [0.2, 0.25) is 0 Å². The summed E-state index contributed by atoms with van der Waals surface area (Å²) in [4.78, 5) is 23.3. The number of nitrogens with zero attached hydrogens (tertiary/aromatic N) is 5. The normalized spacial score (nSPS) is 17.1. The zero-order valence-electron chi connectivity index (χ0n) is 17.6. The molecule has 0 aliphatic carbocycles. The van der Waals surface area contributed by atoms with E-state index in [1.54, 1.807) is 23.4 Å². The van der Waals surface area contributed by atoms with Crippen LogP contribution in [0.2, 0.25) is 0 Å². The Morgan fingerprint density at radius 2 is 2.03 bits per heavy atom. The van der Waals surface area contributed by atoms with Crippen LogP contribution in [0.5, 0.6) is 0 Å². The number of benzene rings is 1. The highest BCUT2D eigenvalue weighted by Gasteiger charge is 2.37. The number of aliphatic imine (C=N–C) groups is 1.